The predicted molar refractivity (Wildman–Crippen MR) is 155 cm³/mol. The zero-order chi connectivity index (χ0) is 27.8. The van der Waals surface area contributed by atoms with Gasteiger partial charge in [-0.25, -0.2) is 0 Å². The molecule has 0 saturated heterocycles. The van der Waals surface area contributed by atoms with Crippen molar-refractivity contribution in [3.05, 3.63) is 163 Å². The molecule has 6 aliphatic heterocycles. The van der Waals surface area contributed by atoms with Crippen LogP contribution in [0.25, 0.3) is 0 Å². The first-order chi connectivity index (χ1) is 19.8. The van der Waals surface area contributed by atoms with E-state index in [-0.39, 0.29) is 20.1 Å². The normalized spacial score (nSPS) is 32.6. The van der Waals surface area contributed by atoms with Crippen LogP contribution in [0.15, 0.2) is 91.8 Å². The Balaban J connectivity index is 0.00000267. The molecule has 6 heterocycles. The summed E-state index contributed by atoms with van der Waals surface area (Å²) < 4.78 is 0. The summed E-state index contributed by atoms with van der Waals surface area (Å²) >= 11 is 0. The summed E-state index contributed by atoms with van der Waals surface area (Å²) in [6.07, 6.45) is 13.1. The summed E-state index contributed by atoms with van der Waals surface area (Å²) in [6, 6.07) is 31.6. The van der Waals surface area contributed by atoms with Crippen molar-refractivity contribution in [3.63, 3.8) is 0 Å². The van der Waals surface area contributed by atoms with Gasteiger partial charge in [0, 0.05) is 36.7 Å². The van der Waals surface area contributed by atoms with Crippen LogP contribution in [-0.2, 0) is 36.7 Å². The molecule has 10 rings (SSSR count). The summed E-state index contributed by atoms with van der Waals surface area (Å²) in [4.78, 5) is 13.8. The van der Waals surface area contributed by atoms with Crippen molar-refractivity contribution >= 4 is 0 Å². The molecule has 3 aromatic carbocycles. The van der Waals surface area contributed by atoms with E-state index in [9.17, 15) is 0 Å². The van der Waals surface area contributed by atoms with Gasteiger partial charge in [0.15, 0.2) is 0 Å². The molecule has 16 bridgehead atoms. The van der Waals surface area contributed by atoms with Crippen molar-refractivity contribution in [1.82, 2.24) is 29.4 Å². The van der Waals surface area contributed by atoms with Crippen molar-refractivity contribution in [3.8, 4) is 0 Å². The van der Waals surface area contributed by atoms with E-state index in [1.54, 1.807) is 0 Å². The van der Waals surface area contributed by atoms with Gasteiger partial charge in [-0.05, 0) is 64.9 Å². The van der Waals surface area contributed by atoms with E-state index in [1.807, 2.05) is 0 Å². The first-order valence-corrected chi connectivity index (χ1v) is 14.2. The van der Waals surface area contributed by atoms with Crippen LogP contribution < -0.4 is 0 Å². The van der Waals surface area contributed by atoms with Gasteiger partial charge in [0.2, 0.25) is 0 Å². The second kappa shape index (κ2) is 8.24. The maximum atomic E-state index is 3.94. The van der Waals surface area contributed by atoms with E-state index in [4.69, 9.17) is 0 Å². The molecule has 1 aliphatic carbocycles. The maximum Gasteiger partial charge on any atom is 0.109 e. The standard InChI is InChI=1S/C35H30N6.Ir/c1-32-26-8-5-10-28(20-26)33(2)30-12-7-13-31(22-30)34(3,29-11-6-9-27(32)21-29)38-16-19-41(25-38)35(4,39-17-14-36(32)23-39)40-18-15-37(33)24-40;/h5-19,23-25H,1-4H3;/q-6;. The molecule has 0 aromatic heterocycles. The van der Waals surface area contributed by atoms with Crippen molar-refractivity contribution < 1.29 is 20.1 Å². The van der Waals surface area contributed by atoms with E-state index >= 15 is 0 Å². The molecule has 0 atom stereocenters. The first-order valence-electron chi connectivity index (χ1n) is 14.2. The van der Waals surface area contributed by atoms with Crippen LogP contribution in [-0.4, -0.2) is 35.2 Å². The second-order valence-corrected chi connectivity index (χ2v) is 12.3. The maximum absolute atomic E-state index is 3.94. The van der Waals surface area contributed by atoms with Crippen LogP contribution in [0.5, 0.6) is 0 Å². The molecule has 42 heavy (non-hydrogen) atoms. The Morgan fingerprint density at radius 3 is 0.929 bits per heavy atom. The Labute approximate surface area is 262 Å². The van der Waals surface area contributed by atoms with Crippen LogP contribution in [0, 0.1) is 38.2 Å². The van der Waals surface area contributed by atoms with Gasteiger partial charge >= 0.3 is 0 Å². The Hall–Kier alpha value is -3.67. The van der Waals surface area contributed by atoms with Crippen molar-refractivity contribution in [2.75, 3.05) is 0 Å². The van der Waals surface area contributed by atoms with Gasteiger partial charge in [0.1, 0.15) is 5.79 Å². The summed E-state index contributed by atoms with van der Waals surface area (Å²) in [5, 5.41) is 0. The van der Waals surface area contributed by atoms with Crippen molar-refractivity contribution in [2.24, 2.45) is 0 Å². The molecule has 7 heteroatoms. The molecule has 0 saturated carbocycles. The van der Waals surface area contributed by atoms with Crippen LogP contribution in [0.3, 0.4) is 0 Å². The summed E-state index contributed by atoms with van der Waals surface area (Å²) in [5.74, 6) is -0.617. The number of rotatable bonds is 0. The second-order valence-electron chi connectivity index (χ2n) is 12.3. The molecule has 3 aromatic rings. The van der Waals surface area contributed by atoms with Gasteiger partial charge in [0.25, 0.3) is 0 Å². The zero-order valence-electron chi connectivity index (χ0n) is 23.9. The van der Waals surface area contributed by atoms with E-state index < -0.39 is 22.4 Å². The molecule has 0 fully saturated rings. The third-order valence-corrected chi connectivity index (χ3v) is 10.5. The fourth-order valence-corrected chi connectivity index (χ4v) is 7.39. The third-order valence-electron chi connectivity index (χ3n) is 10.5. The molecular formula is C35H30IrN6-6. The first kappa shape index (κ1) is 26.0. The largest absolute Gasteiger partial charge is 0.500 e. The molecule has 7 aliphatic rings. The average Bonchev–Trinajstić information content (AvgIpc) is 3.80. The number of hydrogen-bond donors (Lipinski definition) is 0. The number of benzene rings is 3. The monoisotopic (exact) mass is 727 g/mol. The van der Waals surface area contributed by atoms with Gasteiger partial charge in [-0.15, -0.1) is 33.4 Å². The molecule has 0 spiro atoms. The Kier molecular flexibility index (Phi) is 5.10. The van der Waals surface area contributed by atoms with Crippen molar-refractivity contribution in [1.29, 1.82) is 0 Å². The SMILES string of the molecule is CC12c3[c-]c(ccc3)C3(C)c4[c-]c(ccc4)C(C)(c4[c-]c1ccc4)N1C=CN([CH-]1)C(C)(N1C=CN2[CH-]1)N1C=CN3[CH-]1.[Ir]. The Bertz CT molecular complexity index is 1450. The van der Waals surface area contributed by atoms with Crippen LogP contribution in [0.4, 0.5) is 0 Å². The van der Waals surface area contributed by atoms with Gasteiger partial charge in [-0.1, -0.05) is 0 Å². The third kappa shape index (κ3) is 2.89. The summed E-state index contributed by atoms with van der Waals surface area (Å²) in [5.41, 5.74) is 4.80. The van der Waals surface area contributed by atoms with Gasteiger partial charge in [-0.3, -0.25) is 0 Å². The van der Waals surface area contributed by atoms with Gasteiger partial charge in [0.05, 0.1) is 0 Å². The zero-order valence-corrected chi connectivity index (χ0v) is 26.3. The summed E-state index contributed by atoms with van der Waals surface area (Å²) in [6.45, 7) is 15.8. The summed E-state index contributed by atoms with van der Waals surface area (Å²) in [7, 11) is 0. The van der Waals surface area contributed by atoms with E-state index in [0.717, 1.165) is 33.4 Å². The molecular weight excluding hydrogens is 697 g/mol. The minimum Gasteiger partial charge on any atom is -0.500 e. The minimum absolute atomic E-state index is 0. The molecule has 0 N–H and O–H groups in total. The number of hydrogen-bond acceptors (Lipinski definition) is 6. The molecule has 1 radical (unpaired) electrons. The number of nitrogens with zero attached hydrogens (tertiary/aromatic N) is 6. The Morgan fingerprint density at radius 1 is 0.429 bits per heavy atom. The fraction of sp³-hybridized carbons (Fsp3) is 0.229. The topological polar surface area (TPSA) is 19.4 Å². The van der Waals surface area contributed by atoms with Crippen LogP contribution in [0.1, 0.15) is 61.1 Å². The van der Waals surface area contributed by atoms with Gasteiger partial charge in [-0.2, -0.15) is 92.8 Å². The smallest absolute Gasteiger partial charge is 0.109 e. The minimum atomic E-state index is -0.617. The fourth-order valence-electron chi connectivity index (χ4n) is 7.39. The molecule has 0 amide bonds. The van der Waals surface area contributed by atoms with Crippen molar-refractivity contribution in [2.45, 2.75) is 50.1 Å². The molecule has 0 unspecified atom stereocenters. The quantitative estimate of drug-likeness (QED) is 0.283. The van der Waals surface area contributed by atoms with Gasteiger partial charge < -0.3 is 29.4 Å². The molecule has 6 nitrogen and oxygen atoms in total. The van der Waals surface area contributed by atoms with Crippen LogP contribution >= 0.6 is 0 Å². The van der Waals surface area contributed by atoms with E-state index in [0.29, 0.717) is 0 Å². The van der Waals surface area contributed by atoms with E-state index in [2.05, 4.69) is 187 Å². The van der Waals surface area contributed by atoms with E-state index in [1.165, 1.54) is 0 Å². The predicted octanol–water partition coefficient (Wildman–Crippen LogP) is 5.51. The Morgan fingerprint density at radius 2 is 0.667 bits per heavy atom. The molecule has 215 valence electrons. The van der Waals surface area contributed by atoms with Crippen LogP contribution in [0.2, 0.25) is 0 Å². The average molecular weight is 727 g/mol.